The van der Waals surface area contributed by atoms with Crippen LogP contribution in [0.5, 0.6) is 23.0 Å². The summed E-state index contributed by atoms with van der Waals surface area (Å²) in [4.78, 5) is 55.5. The molecular weight excluding hydrogens is 989 g/mol. The van der Waals surface area contributed by atoms with Gasteiger partial charge in [-0.05, 0) is 220 Å². The number of ether oxygens (including phenoxy) is 4. The maximum atomic E-state index is 11.8. The lowest BCUT2D eigenvalue weighted by Crippen LogP contribution is -2.31. The molecule has 3 heterocycles. The van der Waals surface area contributed by atoms with Crippen molar-refractivity contribution in [2.75, 3.05) is 105 Å². The van der Waals surface area contributed by atoms with E-state index in [1.165, 1.54) is 97.1 Å². The van der Waals surface area contributed by atoms with E-state index in [2.05, 4.69) is 33.4 Å². The molecule has 12 nitrogen and oxygen atoms in total. The summed E-state index contributed by atoms with van der Waals surface area (Å²) in [6.45, 7) is 29.2. The van der Waals surface area contributed by atoms with Crippen molar-refractivity contribution in [2.24, 2.45) is 5.92 Å². The standard InChI is InChI=1S/2C18H27NO2.C16H25NO2.C15H21NO2/c1-15(2)18(20)16-7-9-17(10-8-16)21-14-6-13-19-11-4-3-5-12-19;1-2-7-18(20)16-8-10-17(11-9-16)21-15-6-14-19-12-4-3-5-13-19;1-4-16(18)14-8-10-15(11-9-14)19-13-7-12-17(5-2)6-3;17-13-14-5-7-15(8-6-14)18-12-4-11-16-9-2-1-3-10-16/h7-10,15H,3-6,11-14H2,1-2H3;8-11H,2-7,12-15H2,1H3;8-11H,4-7,12-13H2,1-3H3;5-8,13H,1-4,9-12H2. The fraction of sp³-hybridized carbons (Fsp3) is 0.582. The minimum absolute atomic E-state index is 0.0429. The Labute approximate surface area is 476 Å². The van der Waals surface area contributed by atoms with Crippen molar-refractivity contribution in [2.45, 2.75) is 144 Å². The van der Waals surface area contributed by atoms with Crippen molar-refractivity contribution < 1.29 is 38.1 Å². The molecule has 0 aromatic heterocycles. The van der Waals surface area contributed by atoms with Gasteiger partial charge in [0.05, 0.1) is 26.4 Å². The van der Waals surface area contributed by atoms with Gasteiger partial charge >= 0.3 is 0 Å². The quantitative estimate of drug-likeness (QED) is 0.0281. The number of likely N-dealkylation sites (tertiary alicyclic amines) is 3. The van der Waals surface area contributed by atoms with Crippen LogP contribution in [0.3, 0.4) is 0 Å². The topological polar surface area (TPSA) is 118 Å². The number of rotatable bonds is 30. The maximum absolute atomic E-state index is 11.8. The third kappa shape index (κ3) is 28.0. The molecule has 0 radical (unpaired) electrons. The normalized spacial score (nSPS) is 14.8. The second-order valence-corrected chi connectivity index (χ2v) is 21.3. The van der Waals surface area contributed by atoms with Gasteiger partial charge in [-0.3, -0.25) is 19.2 Å². The molecule has 0 amide bonds. The number of carbonyl (C=O) groups is 4. The molecule has 436 valence electrons. The van der Waals surface area contributed by atoms with Crippen molar-refractivity contribution >= 4 is 23.6 Å². The number of nitrogens with zero attached hydrogens (tertiary/aromatic N) is 4. The lowest BCUT2D eigenvalue weighted by atomic mass is 10.0. The van der Waals surface area contributed by atoms with Crippen LogP contribution >= 0.6 is 0 Å². The highest BCUT2D eigenvalue weighted by Gasteiger charge is 2.13. The number of piperidine rings is 3. The van der Waals surface area contributed by atoms with Crippen LogP contribution < -0.4 is 18.9 Å². The van der Waals surface area contributed by atoms with Gasteiger partial charge < -0.3 is 38.5 Å². The van der Waals surface area contributed by atoms with Crippen molar-refractivity contribution in [3.8, 4) is 23.0 Å². The van der Waals surface area contributed by atoms with E-state index in [0.29, 0.717) is 18.4 Å². The van der Waals surface area contributed by atoms with Gasteiger partial charge in [-0.25, -0.2) is 0 Å². The zero-order valence-corrected chi connectivity index (χ0v) is 49.6. The summed E-state index contributed by atoms with van der Waals surface area (Å²) in [6, 6.07) is 29.8. The van der Waals surface area contributed by atoms with Crippen LogP contribution in [-0.4, -0.2) is 148 Å². The SMILES string of the molecule is CC(C)C(=O)c1ccc(OCCCN2CCCCC2)cc1.CCC(=O)c1ccc(OCCCN(CC)CC)cc1.CCCC(=O)c1ccc(OCCCN2CCCCC2)cc1.O=Cc1ccc(OCCCN2CCCCC2)cc1. The number of aldehydes is 1. The van der Waals surface area contributed by atoms with E-state index in [-0.39, 0.29) is 23.3 Å². The predicted molar refractivity (Wildman–Crippen MR) is 323 cm³/mol. The molecule has 12 heteroatoms. The van der Waals surface area contributed by atoms with E-state index in [4.69, 9.17) is 18.9 Å². The monoisotopic (exact) mass is 1090 g/mol. The van der Waals surface area contributed by atoms with E-state index in [9.17, 15) is 19.2 Å². The molecule has 0 spiro atoms. The molecule has 3 aliphatic rings. The zero-order valence-electron chi connectivity index (χ0n) is 49.6. The van der Waals surface area contributed by atoms with Crippen LogP contribution in [0, 0.1) is 5.92 Å². The Morgan fingerprint density at radius 3 is 1.14 bits per heavy atom. The van der Waals surface area contributed by atoms with Crippen LogP contribution in [0.4, 0.5) is 0 Å². The fourth-order valence-electron chi connectivity index (χ4n) is 9.74. The summed E-state index contributed by atoms with van der Waals surface area (Å²) in [5, 5.41) is 0. The number of hydrogen-bond donors (Lipinski definition) is 0. The summed E-state index contributed by atoms with van der Waals surface area (Å²) in [6.07, 6.45) is 19.3. The van der Waals surface area contributed by atoms with Crippen LogP contribution in [0.2, 0.25) is 0 Å². The van der Waals surface area contributed by atoms with E-state index in [1.807, 2.05) is 113 Å². The first-order chi connectivity index (χ1) is 38.5. The van der Waals surface area contributed by atoms with Crippen molar-refractivity contribution in [1.29, 1.82) is 0 Å². The van der Waals surface area contributed by atoms with Gasteiger partial charge in [-0.15, -0.1) is 0 Å². The molecule has 0 bridgehead atoms. The Bertz CT molecular complexity index is 2210. The van der Waals surface area contributed by atoms with Gasteiger partial charge in [0.1, 0.15) is 29.3 Å². The second kappa shape index (κ2) is 40.7. The van der Waals surface area contributed by atoms with Gasteiger partial charge in [-0.1, -0.05) is 60.8 Å². The molecular formula is C67H100N4O8. The molecule has 79 heavy (non-hydrogen) atoms. The Balaban J connectivity index is 0.000000227. The van der Waals surface area contributed by atoms with Crippen molar-refractivity contribution in [3.63, 3.8) is 0 Å². The highest BCUT2D eigenvalue weighted by Crippen LogP contribution is 2.19. The lowest BCUT2D eigenvalue weighted by Gasteiger charge is -2.26. The molecule has 0 saturated carbocycles. The fourth-order valence-corrected chi connectivity index (χ4v) is 9.74. The molecule has 0 aliphatic carbocycles. The average molecular weight is 1090 g/mol. The highest BCUT2D eigenvalue weighted by atomic mass is 16.5. The van der Waals surface area contributed by atoms with Gasteiger partial charge in [0.15, 0.2) is 17.3 Å². The minimum atomic E-state index is 0.0429. The van der Waals surface area contributed by atoms with Gasteiger partial charge in [-0.2, -0.15) is 0 Å². The largest absolute Gasteiger partial charge is 0.494 e. The maximum Gasteiger partial charge on any atom is 0.165 e. The average Bonchev–Trinajstić information content (AvgIpc) is 3.50. The van der Waals surface area contributed by atoms with Crippen molar-refractivity contribution in [3.05, 3.63) is 119 Å². The van der Waals surface area contributed by atoms with Crippen LogP contribution in [0.15, 0.2) is 97.1 Å². The number of ketones is 3. The first-order valence-electron chi connectivity index (χ1n) is 30.4. The van der Waals surface area contributed by atoms with E-state index in [0.717, 1.165) is 144 Å². The lowest BCUT2D eigenvalue weighted by molar-refractivity contribution is 0.0937. The summed E-state index contributed by atoms with van der Waals surface area (Å²) >= 11 is 0. The Kier molecular flexibility index (Phi) is 34.1. The summed E-state index contributed by atoms with van der Waals surface area (Å²) in [5.41, 5.74) is 3.01. The highest BCUT2D eigenvalue weighted by molar-refractivity contribution is 5.97. The molecule has 7 rings (SSSR count). The minimum Gasteiger partial charge on any atom is -0.494 e. The van der Waals surface area contributed by atoms with E-state index < -0.39 is 0 Å². The van der Waals surface area contributed by atoms with Crippen LogP contribution in [-0.2, 0) is 0 Å². The molecule has 3 fully saturated rings. The van der Waals surface area contributed by atoms with Crippen LogP contribution in [0.25, 0.3) is 0 Å². The van der Waals surface area contributed by atoms with Gasteiger partial charge in [0.2, 0.25) is 0 Å². The molecule has 4 aromatic carbocycles. The number of Topliss-reactive ketones (excluding diaryl/α,β-unsaturated/α-hetero) is 3. The summed E-state index contributed by atoms with van der Waals surface area (Å²) in [5.74, 6) is 4.03. The van der Waals surface area contributed by atoms with E-state index in [1.54, 1.807) is 12.1 Å². The summed E-state index contributed by atoms with van der Waals surface area (Å²) in [7, 11) is 0. The predicted octanol–water partition coefficient (Wildman–Crippen LogP) is 13.8. The number of carbonyl (C=O) groups excluding carboxylic acids is 4. The van der Waals surface area contributed by atoms with E-state index >= 15 is 0 Å². The number of hydrogen-bond acceptors (Lipinski definition) is 12. The molecule has 0 unspecified atom stereocenters. The molecule has 0 N–H and O–H groups in total. The molecule has 0 atom stereocenters. The first-order valence-corrected chi connectivity index (χ1v) is 30.4. The zero-order chi connectivity index (χ0) is 56.7. The van der Waals surface area contributed by atoms with Gasteiger partial charge in [0.25, 0.3) is 0 Å². The molecule has 3 saturated heterocycles. The third-order valence-electron chi connectivity index (χ3n) is 14.6. The second-order valence-electron chi connectivity index (χ2n) is 21.3. The molecule has 3 aliphatic heterocycles. The number of benzene rings is 4. The third-order valence-corrected chi connectivity index (χ3v) is 14.6. The summed E-state index contributed by atoms with van der Waals surface area (Å²) < 4.78 is 22.8. The van der Waals surface area contributed by atoms with Crippen molar-refractivity contribution in [1.82, 2.24) is 19.6 Å². The Hall–Kier alpha value is -5.40. The Morgan fingerprint density at radius 1 is 0.468 bits per heavy atom. The molecule has 4 aromatic rings. The van der Waals surface area contributed by atoms with Gasteiger partial charge in [0, 0.05) is 67.2 Å². The van der Waals surface area contributed by atoms with Crippen LogP contribution in [0.1, 0.15) is 186 Å². The first kappa shape index (κ1) is 66.1. The Morgan fingerprint density at radius 2 is 0.810 bits per heavy atom. The smallest absolute Gasteiger partial charge is 0.165 e.